The topological polar surface area (TPSA) is 57.7 Å². The average Bonchev–Trinajstić information content (AvgIpc) is 3.13. The molecule has 0 bridgehead atoms. The van der Waals surface area contributed by atoms with Gasteiger partial charge < -0.3 is 4.90 Å². The molecule has 0 N–H and O–H groups in total. The molecule has 2 rings (SSSR count). The summed E-state index contributed by atoms with van der Waals surface area (Å²) < 4.78 is 26.9. The summed E-state index contributed by atoms with van der Waals surface area (Å²) in [5.74, 6) is -0.214. The zero-order chi connectivity index (χ0) is 19.3. The Hall–Kier alpha value is -1.41. The van der Waals surface area contributed by atoms with Crippen LogP contribution in [0.4, 0.5) is 0 Å². The second-order valence-electron chi connectivity index (χ2n) is 5.63. The maximum absolute atomic E-state index is 12.9. The molecule has 0 saturated carbocycles. The van der Waals surface area contributed by atoms with E-state index >= 15 is 0 Å². The number of amides is 1. The molecule has 1 amide bonds. The van der Waals surface area contributed by atoms with E-state index in [1.165, 1.54) is 16.4 Å². The first-order valence-corrected chi connectivity index (χ1v) is 11.2. The fourth-order valence-corrected chi connectivity index (χ4v) is 5.31. The van der Waals surface area contributed by atoms with Crippen LogP contribution in [0.1, 0.15) is 36.0 Å². The van der Waals surface area contributed by atoms with Gasteiger partial charge in [0.15, 0.2) is 0 Å². The van der Waals surface area contributed by atoms with Crippen LogP contribution in [0.2, 0.25) is 5.02 Å². The Balaban J connectivity index is 2.37. The van der Waals surface area contributed by atoms with Crippen molar-refractivity contribution in [2.24, 2.45) is 0 Å². The van der Waals surface area contributed by atoms with Crippen LogP contribution in [0.25, 0.3) is 0 Å². The third-order valence-electron chi connectivity index (χ3n) is 4.10. The van der Waals surface area contributed by atoms with Gasteiger partial charge in [-0.15, -0.1) is 11.3 Å². The van der Waals surface area contributed by atoms with E-state index in [0.717, 1.165) is 4.88 Å². The Bertz CT molecular complexity index is 847. The van der Waals surface area contributed by atoms with Crippen LogP contribution < -0.4 is 0 Å². The molecule has 142 valence electrons. The first-order chi connectivity index (χ1) is 12.3. The third kappa shape index (κ3) is 4.46. The van der Waals surface area contributed by atoms with Gasteiger partial charge in [0.2, 0.25) is 10.0 Å². The van der Waals surface area contributed by atoms with Crippen molar-refractivity contribution >= 4 is 38.9 Å². The highest BCUT2D eigenvalue weighted by atomic mass is 35.5. The summed E-state index contributed by atoms with van der Waals surface area (Å²) in [7, 11) is -3.74. The quantitative estimate of drug-likeness (QED) is 0.653. The molecule has 0 fully saturated rings. The summed E-state index contributed by atoms with van der Waals surface area (Å²) >= 11 is 7.72. The van der Waals surface area contributed by atoms with Crippen LogP contribution in [0.3, 0.4) is 0 Å². The van der Waals surface area contributed by atoms with Crippen molar-refractivity contribution in [3.63, 3.8) is 0 Å². The maximum atomic E-state index is 12.9. The number of benzene rings is 1. The molecule has 5 nitrogen and oxygen atoms in total. The SMILES string of the molecule is CCN(Cc1cccs1)C(=O)c1ccc(Cl)c(S(=O)(=O)N(CC)CC)c1. The Morgan fingerprint density at radius 2 is 1.81 bits per heavy atom. The lowest BCUT2D eigenvalue weighted by Gasteiger charge is -2.22. The maximum Gasteiger partial charge on any atom is 0.254 e. The molecular weight excluding hydrogens is 392 g/mol. The van der Waals surface area contributed by atoms with Crippen LogP contribution in [0.5, 0.6) is 0 Å². The molecule has 0 spiro atoms. The van der Waals surface area contributed by atoms with E-state index < -0.39 is 10.0 Å². The summed E-state index contributed by atoms with van der Waals surface area (Å²) in [6.07, 6.45) is 0. The van der Waals surface area contributed by atoms with Crippen molar-refractivity contribution in [3.05, 3.63) is 51.2 Å². The number of carbonyl (C=O) groups is 1. The monoisotopic (exact) mass is 414 g/mol. The Morgan fingerprint density at radius 3 is 2.35 bits per heavy atom. The summed E-state index contributed by atoms with van der Waals surface area (Å²) in [5.41, 5.74) is 0.318. The predicted molar refractivity (Wildman–Crippen MR) is 106 cm³/mol. The zero-order valence-corrected chi connectivity index (χ0v) is 17.5. The van der Waals surface area contributed by atoms with Crippen molar-refractivity contribution in [2.45, 2.75) is 32.2 Å². The molecular formula is C18H23ClN2O3S2. The minimum Gasteiger partial charge on any atom is -0.334 e. The lowest BCUT2D eigenvalue weighted by Crippen LogP contribution is -2.32. The first kappa shape index (κ1) is 20.9. The van der Waals surface area contributed by atoms with Crippen LogP contribution in [0.15, 0.2) is 40.6 Å². The van der Waals surface area contributed by atoms with Crippen LogP contribution in [-0.4, -0.2) is 43.2 Å². The molecule has 0 aliphatic heterocycles. The van der Waals surface area contributed by atoms with E-state index in [0.29, 0.717) is 31.7 Å². The van der Waals surface area contributed by atoms with E-state index in [2.05, 4.69) is 0 Å². The molecule has 2 aromatic rings. The number of halogens is 1. The van der Waals surface area contributed by atoms with Gasteiger partial charge in [-0.3, -0.25) is 4.79 Å². The first-order valence-electron chi connectivity index (χ1n) is 8.46. The molecule has 0 radical (unpaired) electrons. The zero-order valence-electron chi connectivity index (χ0n) is 15.1. The molecule has 0 unspecified atom stereocenters. The fourth-order valence-electron chi connectivity index (χ4n) is 2.64. The van der Waals surface area contributed by atoms with E-state index in [9.17, 15) is 13.2 Å². The minimum atomic E-state index is -3.74. The molecule has 0 aliphatic carbocycles. The molecule has 0 aliphatic rings. The van der Waals surface area contributed by atoms with Crippen molar-refractivity contribution in [3.8, 4) is 0 Å². The van der Waals surface area contributed by atoms with Gasteiger partial charge in [-0.2, -0.15) is 4.31 Å². The van der Waals surface area contributed by atoms with Gasteiger partial charge in [-0.25, -0.2) is 8.42 Å². The van der Waals surface area contributed by atoms with Crippen LogP contribution in [-0.2, 0) is 16.6 Å². The summed E-state index contributed by atoms with van der Waals surface area (Å²) in [4.78, 5) is 15.6. The Labute approximate surface area is 164 Å². The molecule has 1 aromatic carbocycles. The van der Waals surface area contributed by atoms with Crippen molar-refractivity contribution < 1.29 is 13.2 Å². The molecule has 1 heterocycles. The lowest BCUT2D eigenvalue weighted by atomic mass is 10.2. The van der Waals surface area contributed by atoms with E-state index in [4.69, 9.17) is 11.6 Å². The summed E-state index contributed by atoms with van der Waals surface area (Å²) in [6, 6.07) is 8.34. The van der Waals surface area contributed by atoms with E-state index in [1.807, 2.05) is 24.4 Å². The number of sulfonamides is 1. The highest BCUT2D eigenvalue weighted by molar-refractivity contribution is 7.89. The van der Waals surface area contributed by atoms with Crippen molar-refractivity contribution in [1.29, 1.82) is 0 Å². The van der Waals surface area contributed by atoms with Gasteiger partial charge in [0.25, 0.3) is 5.91 Å². The van der Waals surface area contributed by atoms with Crippen LogP contribution >= 0.6 is 22.9 Å². The van der Waals surface area contributed by atoms with Crippen molar-refractivity contribution in [2.75, 3.05) is 19.6 Å². The lowest BCUT2D eigenvalue weighted by molar-refractivity contribution is 0.0754. The summed E-state index contributed by atoms with van der Waals surface area (Å²) in [5, 5.41) is 2.08. The van der Waals surface area contributed by atoms with Gasteiger partial charge in [-0.05, 0) is 36.6 Å². The number of hydrogen-bond acceptors (Lipinski definition) is 4. The smallest absolute Gasteiger partial charge is 0.254 e. The number of rotatable bonds is 8. The number of nitrogens with zero attached hydrogens (tertiary/aromatic N) is 2. The van der Waals surface area contributed by atoms with Gasteiger partial charge in [0.05, 0.1) is 11.6 Å². The molecule has 0 atom stereocenters. The number of thiophene rings is 1. The highest BCUT2D eigenvalue weighted by Gasteiger charge is 2.26. The van der Waals surface area contributed by atoms with E-state index in [1.54, 1.807) is 36.2 Å². The number of hydrogen-bond donors (Lipinski definition) is 0. The average molecular weight is 415 g/mol. The van der Waals surface area contributed by atoms with E-state index in [-0.39, 0.29) is 15.8 Å². The van der Waals surface area contributed by atoms with Crippen LogP contribution in [0, 0.1) is 0 Å². The fraction of sp³-hybridized carbons (Fsp3) is 0.389. The largest absolute Gasteiger partial charge is 0.334 e. The van der Waals surface area contributed by atoms with Crippen molar-refractivity contribution in [1.82, 2.24) is 9.21 Å². The van der Waals surface area contributed by atoms with Gasteiger partial charge in [0, 0.05) is 30.1 Å². The molecule has 0 saturated heterocycles. The molecule has 8 heteroatoms. The summed E-state index contributed by atoms with van der Waals surface area (Å²) in [6.45, 7) is 7.13. The second kappa shape index (κ2) is 8.99. The van der Waals surface area contributed by atoms with Gasteiger partial charge in [0.1, 0.15) is 4.90 Å². The third-order valence-corrected chi connectivity index (χ3v) is 7.49. The molecule has 26 heavy (non-hydrogen) atoms. The standard InChI is InChI=1S/C18H23ClN2O3S2/c1-4-20(13-15-8-7-11-25-15)18(22)14-9-10-16(19)17(12-14)26(23,24)21(5-2)6-3/h7-12H,4-6,13H2,1-3H3. The second-order valence-corrected chi connectivity index (χ2v) is 8.98. The predicted octanol–water partition coefficient (Wildman–Crippen LogP) is 4.09. The normalized spacial score (nSPS) is 11.7. The molecule has 1 aromatic heterocycles. The Kier molecular flexibility index (Phi) is 7.23. The van der Waals surface area contributed by atoms with Gasteiger partial charge in [-0.1, -0.05) is 31.5 Å². The van der Waals surface area contributed by atoms with Gasteiger partial charge >= 0.3 is 0 Å². The highest BCUT2D eigenvalue weighted by Crippen LogP contribution is 2.26. The Morgan fingerprint density at radius 1 is 1.12 bits per heavy atom. The minimum absolute atomic E-state index is 0.0270. The number of carbonyl (C=O) groups excluding carboxylic acids is 1.